The number of anilines is 1. The fourth-order valence-corrected chi connectivity index (χ4v) is 5.06. The molecule has 6 aromatic rings. The summed E-state index contributed by atoms with van der Waals surface area (Å²) in [6.45, 7) is 3.12. The molecule has 6 rings (SSSR count). The maximum atomic E-state index is 13.2. The van der Waals surface area contributed by atoms with E-state index in [-0.39, 0.29) is 17.9 Å². The number of para-hydroxylation sites is 3. The summed E-state index contributed by atoms with van der Waals surface area (Å²) >= 11 is 0. The molecule has 0 aliphatic heterocycles. The van der Waals surface area contributed by atoms with Crippen molar-refractivity contribution in [2.24, 2.45) is 0 Å². The van der Waals surface area contributed by atoms with Gasteiger partial charge in [-0.1, -0.05) is 42.5 Å². The predicted molar refractivity (Wildman–Crippen MR) is 139 cm³/mol. The SMILES string of the molecule is CCn1c2ccccc2c2cc(NC(=O)Cn3c4ccccc4c(=O)c4ccccc43)ccc21. The van der Waals surface area contributed by atoms with Gasteiger partial charge in [-0.3, -0.25) is 9.59 Å². The Hall–Kier alpha value is -4.38. The lowest BCUT2D eigenvalue weighted by Crippen LogP contribution is -2.21. The quantitative estimate of drug-likeness (QED) is 0.342. The van der Waals surface area contributed by atoms with Crippen LogP contribution in [0.5, 0.6) is 0 Å². The lowest BCUT2D eigenvalue weighted by atomic mass is 10.1. The first kappa shape index (κ1) is 20.2. The lowest BCUT2D eigenvalue weighted by molar-refractivity contribution is -0.116. The Morgan fingerprint density at radius 3 is 1.82 bits per heavy atom. The van der Waals surface area contributed by atoms with Gasteiger partial charge in [0.1, 0.15) is 6.54 Å². The van der Waals surface area contributed by atoms with Crippen molar-refractivity contribution in [1.82, 2.24) is 9.13 Å². The van der Waals surface area contributed by atoms with Crippen LogP contribution >= 0.6 is 0 Å². The molecule has 0 atom stereocenters. The number of amides is 1. The summed E-state index contributed by atoms with van der Waals surface area (Å²) in [6, 6.07) is 29.3. The smallest absolute Gasteiger partial charge is 0.244 e. The Kier molecular flexibility index (Phi) is 4.69. The van der Waals surface area contributed by atoms with Crippen LogP contribution in [0.15, 0.2) is 95.8 Å². The van der Waals surface area contributed by atoms with Gasteiger partial charge in [-0.2, -0.15) is 0 Å². The van der Waals surface area contributed by atoms with Gasteiger partial charge in [-0.15, -0.1) is 0 Å². The molecule has 0 spiro atoms. The Morgan fingerprint density at radius 2 is 1.21 bits per heavy atom. The summed E-state index contributed by atoms with van der Waals surface area (Å²) in [6.07, 6.45) is 0. The molecule has 5 heteroatoms. The van der Waals surface area contributed by atoms with Crippen LogP contribution in [0.25, 0.3) is 43.6 Å². The number of rotatable bonds is 4. The first-order valence-corrected chi connectivity index (χ1v) is 11.5. The summed E-state index contributed by atoms with van der Waals surface area (Å²) in [5.74, 6) is -0.141. The van der Waals surface area contributed by atoms with Crippen LogP contribution in [0.4, 0.5) is 5.69 Å². The van der Waals surface area contributed by atoms with Crippen molar-refractivity contribution in [3.63, 3.8) is 0 Å². The fourth-order valence-electron chi connectivity index (χ4n) is 5.06. The summed E-state index contributed by atoms with van der Waals surface area (Å²) in [5, 5.41) is 6.59. The van der Waals surface area contributed by atoms with Gasteiger partial charge in [0.25, 0.3) is 0 Å². The van der Waals surface area contributed by atoms with Crippen molar-refractivity contribution >= 4 is 55.2 Å². The normalized spacial score (nSPS) is 11.6. The third-order valence-corrected chi connectivity index (χ3v) is 6.55. The Bertz CT molecular complexity index is 1730. The van der Waals surface area contributed by atoms with Crippen LogP contribution in [-0.4, -0.2) is 15.0 Å². The Morgan fingerprint density at radius 1 is 0.676 bits per heavy atom. The van der Waals surface area contributed by atoms with E-state index < -0.39 is 0 Å². The van der Waals surface area contributed by atoms with Crippen molar-refractivity contribution < 1.29 is 4.79 Å². The average Bonchev–Trinajstić information content (AvgIpc) is 3.19. The highest BCUT2D eigenvalue weighted by molar-refractivity contribution is 6.10. The molecule has 0 aliphatic carbocycles. The van der Waals surface area contributed by atoms with Gasteiger partial charge in [0, 0.05) is 44.8 Å². The van der Waals surface area contributed by atoms with Crippen LogP contribution in [0.1, 0.15) is 6.92 Å². The van der Waals surface area contributed by atoms with Gasteiger partial charge in [0.2, 0.25) is 5.91 Å². The van der Waals surface area contributed by atoms with Gasteiger partial charge < -0.3 is 14.5 Å². The molecule has 0 unspecified atom stereocenters. The molecule has 0 saturated carbocycles. The number of hydrogen-bond acceptors (Lipinski definition) is 2. The molecule has 5 nitrogen and oxygen atoms in total. The first-order chi connectivity index (χ1) is 16.7. The van der Waals surface area contributed by atoms with Gasteiger partial charge in [0.15, 0.2) is 5.43 Å². The standard InChI is InChI=1S/C29H23N3O2/c1-2-31-24-12-6-3-9-20(24)23-17-19(15-16-27(23)31)30-28(33)18-32-25-13-7-4-10-21(25)29(34)22-11-5-8-14-26(22)32/h3-17H,2,18H2,1H3,(H,30,33). The zero-order valence-electron chi connectivity index (χ0n) is 18.8. The highest BCUT2D eigenvalue weighted by atomic mass is 16.2. The Labute approximate surface area is 195 Å². The van der Waals surface area contributed by atoms with E-state index in [1.807, 2.05) is 71.3 Å². The number of aromatic nitrogens is 2. The van der Waals surface area contributed by atoms with Crippen molar-refractivity contribution in [1.29, 1.82) is 0 Å². The van der Waals surface area contributed by atoms with E-state index in [1.54, 1.807) is 0 Å². The minimum atomic E-state index is -0.141. The van der Waals surface area contributed by atoms with E-state index in [2.05, 4.69) is 41.1 Å². The molecule has 0 fully saturated rings. The summed E-state index contributed by atoms with van der Waals surface area (Å²) in [5.41, 5.74) is 4.59. The number of carbonyl (C=O) groups excluding carboxylic acids is 1. The largest absolute Gasteiger partial charge is 0.341 e. The van der Waals surface area contributed by atoms with Crippen molar-refractivity contribution in [3.05, 3.63) is 101 Å². The molecule has 1 N–H and O–H groups in total. The number of nitrogens with zero attached hydrogens (tertiary/aromatic N) is 2. The van der Waals surface area contributed by atoms with E-state index >= 15 is 0 Å². The minimum absolute atomic E-state index is 0.0133. The second-order valence-corrected chi connectivity index (χ2v) is 8.49. The number of pyridine rings is 1. The lowest BCUT2D eigenvalue weighted by Gasteiger charge is -2.15. The van der Waals surface area contributed by atoms with E-state index in [4.69, 9.17) is 0 Å². The van der Waals surface area contributed by atoms with Gasteiger partial charge in [0.05, 0.1) is 11.0 Å². The molecule has 0 saturated heterocycles. The first-order valence-electron chi connectivity index (χ1n) is 11.5. The van der Waals surface area contributed by atoms with Crippen molar-refractivity contribution in [2.45, 2.75) is 20.0 Å². The third kappa shape index (κ3) is 3.09. The van der Waals surface area contributed by atoms with Gasteiger partial charge in [-0.25, -0.2) is 0 Å². The average molecular weight is 446 g/mol. The van der Waals surface area contributed by atoms with Crippen molar-refractivity contribution in [2.75, 3.05) is 5.32 Å². The molecule has 0 radical (unpaired) electrons. The molecule has 0 aliphatic rings. The monoisotopic (exact) mass is 445 g/mol. The van der Waals surface area contributed by atoms with Crippen molar-refractivity contribution in [3.8, 4) is 0 Å². The van der Waals surface area contributed by atoms with E-state index in [0.717, 1.165) is 34.2 Å². The molecular formula is C29H23N3O2. The Balaban J connectivity index is 1.41. The van der Waals surface area contributed by atoms with E-state index in [1.165, 1.54) is 10.9 Å². The molecule has 2 heterocycles. The van der Waals surface area contributed by atoms with Crippen LogP contribution < -0.4 is 10.7 Å². The van der Waals surface area contributed by atoms with Gasteiger partial charge >= 0.3 is 0 Å². The van der Waals surface area contributed by atoms with Crippen LogP contribution in [-0.2, 0) is 17.9 Å². The maximum Gasteiger partial charge on any atom is 0.244 e. The highest BCUT2D eigenvalue weighted by Crippen LogP contribution is 2.31. The van der Waals surface area contributed by atoms with E-state index in [9.17, 15) is 9.59 Å². The molecule has 34 heavy (non-hydrogen) atoms. The predicted octanol–water partition coefficient (Wildman–Crippen LogP) is 5.92. The van der Waals surface area contributed by atoms with Gasteiger partial charge in [-0.05, 0) is 55.5 Å². The second-order valence-electron chi connectivity index (χ2n) is 8.49. The zero-order valence-corrected chi connectivity index (χ0v) is 18.8. The highest BCUT2D eigenvalue weighted by Gasteiger charge is 2.14. The van der Waals surface area contributed by atoms with E-state index in [0.29, 0.717) is 10.8 Å². The minimum Gasteiger partial charge on any atom is -0.341 e. The maximum absolute atomic E-state index is 13.2. The molecular weight excluding hydrogens is 422 g/mol. The summed E-state index contributed by atoms with van der Waals surface area (Å²) in [7, 11) is 0. The fraction of sp³-hybridized carbons (Fsp3) is 0.103. The number of fused-ring (bicyclic) bond motifs is 5. The van der Waals surface area contributed by atoms with Crippen LogP contribution in [0, 0.1) is 0 Å². The molecule has 1 amide bonds. The van der Waals surface area contributed by atoms with Crippen LogP contribution in [0.3, 0.4) is 0 Å². The number of benzene rings is 4. The molecule has 4 aromatic carbocycles. The number of nitrogens with one attached hydrogen (secondary N) is 1. The molecule has 0 bridgehead atoms. The molecule has 2 aromatic heterocycles. The third-order valence-electron chi connectivity index (χ3n) is 6.55. The molecule has 166 valence electrons. The van der Waals surface area contributed by atoms with Crippen LogP contribution in [0.2, 0.25) is 0 Å². The second kappa shape index (κ2) is 7.89. The number of aryl methyl sites for hydroxylation is 1. The zero-order chi connectivity index (χ0) is 23.2. The topological polar surface area (TPSA) is 56.0 Å². The number of carbonyl (C=O) groups is 1. The summed E-state index contributed by atoms with van der Waals surface area (Å²) < 4.78 is 4.21. The summed E-state index contributed by atoms with van der Waals surface area (Å²) in [4.78, 5) is 26.2. The number of hydrogen-bond donors (Lipinski definition) is 1.